The minimum Gasteiger partial charge on any atom is -0.395 e. The van der Waals surface area contributed by atoms with Crippen LogP contribution in [0.3, 0.4) is 0 Å². The molecule has 1 atom stereocenters. The van der Waals surface area contributed by atoms with Crippen molar-refractivity contribution in [2.24, 2.45) is 0 Å². The fraction of sp³-hybridized carbons (Fsp3) is 0.400. The number of carbonyl (C=O) groups excluding carboxylic acids is 3. The monoisotopic (exact) mass is 251 g/mol. The second-order valence-corrected chi connectivity index (χ2v) is 4.13. The Balaban J connectivity index is 2.12. The molecule has 0 radical (unpaired) electrons. The smallest absolute Gasteiger partial charge is 0.274 e. The molecule has 0 bridgehead atoms. The number of imide groups is 1. The molecule has 1 aromatic rings. The highest BCUT2D eigenvalue weighted by Crippen LogP contribution is 2.15. The highest BCUT2D eigenvalue weighted by atomic mass is 16.2. The Labute approximate surface area is 103 Å². The van der Waals surface area contributed by atoms with Gasteiger partial charge in [0, 0.05) is 7.05 Å². The van der Waals surface area contributed by atoms with E-state index in [9.17, 15) is 14.4 Å². The Bertz CT molecular complexity index is 536. The second-order valence-electron chi connectivity index (χ2n) is 4.13. The molecule has 1 aromatic heterocycles. The molecule has 8 nitrogen and oxygen atoms in total. The van der Waals surface area contributed by atoms with Crippen molar-refractivity contribution >= 4 is 23.4 Å². The third-order valence-corrected chi connectivity index (χ3v) is 2.90. The number of H-pyrrole nitrogens is 1. The number of likely N-dealkylation sites (tertiary alicyclic amines) is 1. The normalized spacial score (nSPS) is 19.4. The summed E-state index contributed by atoms with van der Waals surface area (Å²) in [5.41, 5.74) is 6.49. The molecule has 2 heterocycles. The van der Waals surface area contributed by atoms with Gasteiger partial charge in [0.25, 0.3) is 11.8 Å². The zero-order chi connectivity index (χ0) is 13.4. The fourth-order valence-electron chi connectivity index (χ4n) is 1.71. The molecule has 96 valence electrons. The Kier molecular flexibility index (Phi) is 2.77. The number of rotatable bonds is 2. The lowest BCUT2D eigenvalue weighted by molar-refractivity contribution is -0.137. The average Bonchev–Trinajstić information content (AvgIpc) is 2.77. The molecule has 1 aliphatic rings. The van der Waals surface area contributed by atoms with Crippen LogP contribution >= 0.6 is 0 Å². The van der Waals surface area contributed by atoms with E-state index in [4.69, 9.17) is 5.73 Å². The van der Waals surface area contributed by atoms with Gasteiger partial charge in [-0.2, -0.15) is 5.10 Å². The molecule has 3 amide bonds. The van der Waals surface area contributed by atoms with Gasteiger partial charge in [-0.1, -0.05) is 0 Å². The number of hydrogen-bond acceptors (Lipinski definition) is 5. The van der Waals surface area contributed by atoms with E-state index >= 15 is 0 Å². The first-order valence-corrected chi connectivity index (χ1v) is 5.33. The van der Waals surface area contributed by atoms with Crippen LogP contribution in [-0.2, 0) is 9.59 Å². The maximum atomic E-state index is 11.8. The van der Waals surface area contributed by atoms with Crippen molar-refractivity contribution in [3.63, 3.8) is 0 Å². The van der Waals surface area contributed by atoms with Crippen molar-refractivity contribution in [1.29, 1.82) is 0 Å². The van der Waals surface area contributed by atoms with E-state index in [2.05, 4.69) is 15.5 Å². The summed E-state index contributed by atoms with van der Waals surface area (Å²) in [6, 6.07) is -0.841. The number of aromatic nitrogens is 2. The second kappa shape index (κ2) is 4.13. The van der Waals surface area contributed by atoms with Crippen LogP contribution in [0.15, 0.2) is 0 Å². The number of aryl methyl sites for hydroxylation is 1. The van der Waals surface area contributed by atoms with Gasteiger partial charge in [-0.05, 0) is 6.92 Å². The first-order chi connectivity index (χ1) is 8.41. The molecule has 0 aliphatic carbocycles. The van der Waals surface area contributed by atoms with Crippen molar-refractivity contribution in [2.45, 2.75) is 19.4 Å². The minimum absolute atomic E-state index is 0.0299. The molecule has 1 saturated heterocycles. The molecule has 2 rings (SSSR count). The summed E-state index contributed by atoms with van der Waals surface area (Å²) in [6.45, 7) is 1.68. The molecular weight excluding hydrogens is 238 g/mol. The largest absolute Gasteiger partial charge is 0.395 e. The van der Waals surface area contributed by atoms with Crippen molar-refractivity contribution in [3.8, 4) is 0 Å². The maximum absolute atomic E-state index is 11.8. The number of nitrogens with one attached hydrogen (secondary N) is 2. The van der Waals surface area contributed by atoms with E-state index in [1.807, 2.05) is 0 Å². The number of amides is 3. The van der Waals surface area contributed by atoms with Crippen LogP contribution in [0.5, 0.6) is 0 Å². The van der Waals surface area contributed by atoms with Gasteiger partial charge in [0.05, 0.1) is 17.8 Å². The lowest BCUT2D eigenvalue weighted by Crippen LogP contribution is -2.41. The molecule has 0 spiro atoms. The van der Waals surface area contributed by atoms with Gasteiger partial charge in [0.1, 0.15) is 6.04 Å². The van der Waals surface area contributed by atoms with Crippen LogP contribution in [0.4, 0.5) is 5.69 Å². The molecule has 4 N–H and O–H groups in total. The lowest BCUT2D eigenvalue weighted by atomic mass is 10.2. The van der Waals surface area contributed by atoms with Gasteiger partial charge >= 0.3 is 0 Å². The van der Waals surface area contributed by atoms with E-state index in [0.717, 1.165) is 4.90 Å². The highest BCUT2D eigenvalue weighted by molar-refractivity contribution is 6.08. The third kappa shape index (κ3) is 1.81. The van der Waals surface area contributed by atoms with Crippen molar-refractivity contribution < 1.29 is 14.4 Å². The molecule has 0 saturated carbocycles. The first kappa shape index (κ1) is 12.1. The van der Waals surface area contributed by atoms with Crippen molar-refractivity contribution in [2.75, 3.05) is 12.8 Å². The Morgan fingerprint density at radius 3 is 2.67 bits per heavy atom. The molecule has 1 fully saturated rings. The Morgan fingerprint density at radius 2 is 2.22 bits per heavy atom. The molecule has 18 heavy (non-hydrogen) atoms. The SMILES string of the molecule is Cc1[nH]nc(C(=O)NC2CC(=O)N(C)C2=O)c1N. The summed E-state index contributed by atoms with van der Waals surface area (Å²) < 4.78 is 0. The zero-order valence-corrected chi connectivity index (χ0v) is 9.98. The maximum Gasteiger partial charge on any atom is 0.274 e. The quantitative estimate of drug-likeness (QED) is 0.569. The summed E-state index contributed by atoms with van der Waals surface area (Å²) in [6.07, 6.45) is -0.0373. The van der Waals surface area contributed by atoms with Crippen molar-refractivity contribution in [3.05, 3.63) is 11.4 Å². The predicted molar refractivity (Wildman–Crippen MR) is 61.4 cm³/mol. The molecule has 0 aromatic carbocycles. The van der Waals surface area contributed by atoms with E-state index in [-0.39, 0.29) is 23.7 Å². The van der Waals surface area contributed by atoms with Gasteiger partial charge in [-0.25, -0.2) is 0 Å². The minimum atomic E-state index is -0.841. The topological polar surface area (TPSA) is 121 Å². The first-order valence-electron chi connectivity index (χ1n) is 5.33. The number of likely N-dealkylation sites (N-methyl/N-ethyl adjacent to an activating group) is 1. The van der Waals surface area contributed by atoms with Crippen LogP contribution < -0.4 is 11.1 Å². The number of anilines is 1. The molecule has 8 heteroatoms. The van der Waals surface area contributed by atoms with Gasteiger partial charge in [-0.15, -0.1) is 0 Å². The summed E-state index contributed by atoms with van der Waals surface area (Å²) in [7, 11) is 1.38. The van der Waals surface area contributed by atoms with Crippen molar-refractivity contribution in [1.82, 2.24) is 20.4 Å². The predicted octanol–water partition coefficient (Wildman–Crippen LogP) is -1.21. The molecular formula is C10H13N5O3. The van der Waals surface area contributed by atoms with Gasteiger partial charge in [-0.3, -0.25) is 24.4 Å². The van der Waals surface area contributed by atoms with Gasteiger partial charge in [0.2, 0.25) is 5.91 Å². The van der Waals surface area contributed by atoms with Gasteiger partial charge in [0.15, 0.2) is 5.69 Å². The Hall–Kier alpha value is -2.38. The summed E-state index contributed by atoms with van der Waals surface area (Å²) in [5, 5.41) is 8.77. The third-order valence-electron chi connectivity index (χ3n) is 2.90. The number of nitrogens with two attached hydrogens (primary N) is 1. The van der Waals surface area contributed by atoms with Crippen LogP contribution in [0, 0.1) is 6.92 Å². The zero-order valence-electron chi connectivity index (χ0n) is 9.98. The lowest BCUT2D eigenvalue weighted by Gasteiger charge is -2.10. The van der Waals surface area contributed by atoms with Crippen LogP contribution in [0.2, 0.25) is 0 Å². The number of nitrogen functional groups attached to an aromatic ring is 1. The summed E-state index contributed by atoms with van der Waals surface area (Å²) in [4.78, 5) is 35.7. The average molecular weight is 251 g/mol. The number of aromatic amines is 1. The van der Waals surface area contributed by atoms with E-state index < -0.39 is 17.9 Å². The van der Waals surface area contributed by atoms with E-state index in [1.165, 1.54) is 7.05 Å². The molecule has 1 aliphatic heterocycles. The number of nitrogens with zero attached hydrogens (tertiary/aromatic N) is 2. The number of carbonyl (C=O) groups is 3. The van der Waals surface area contributed by atoms with Crippen LogP contribution in [0.25, 0.3) is 0 Å². The van der Waals surface area contributed by atoms with Crippen LogP contribution in [-0.4, -0.2) is 45.9 Å². The standard InChI is InChI=1S/C10H13N5O3/c1-4-7(11)8(14-13-4)9(17)12-5-3-6(16)15(2)10(5)18/h5H,3,11H2,1-2H3,(H,12,17)(H,13,14). The Morgan fingerprint density at radius 1 is 1.56 bits per heavy atom. The highest BCUT2D eigenvalue weighted by Gasteiger charge is 2.37. The fourth-order valence-corrected chi connectivity index (χ4v) is 1.71. The summed E-state index contributed by atoms with van der Waals surface area (Å²) >= 11 is 0. The number of hydrogen-bond donors (Lipinski definition) is 3. The molecule has 1 unspecified atom stereocenters. The summed E-state index contributed by atoms with van der Waals surface area (Å²) in [5.74, 6) is -1.33. The van der Waals surface area contributed by atoms with Gasteiger partial charge < -0.3 is 11.1 Å². The van der Waals surface area contributed by atoms with E-state index in [1.54, 1.807) is 6.92 Å². The van der Waals surface area contributed by atoms with Crippen LogP contribution in [0.1, 0.15) is 22.6 Å². The van der Waals surface area contributed by atoms with E-state index in [0.29, 0.717) is 5.69 Å².